The van der Waals surface area contributed by atoms with Crippen molar-refractivity contribution in [3.05, 3.63) is 41.7 Å². The summed E-state index contributed by atoms with van der Waals surface area (Å²) in [6, 6.07) is 9.53. The van der Waals surface area contributed by atoms with Crippen molar-refractivity contribution in [2.24, 2.45) is 13.0 Å². The van der Waals surface area contributed by atoms with E-state index in [1.165, 1.54) is 11.8 Å². The quantitative estimate of drug-likeness (QED) is 0.518. The minimum Gasteiger partial charge on any atom is -0.431 e. The lowest BCUT2D eigenvalue weighted by Gasteiger charge is -2.03. The minimum atomic E-state index is -0.108. The molecule has 1 N–H and O–H groups in total. The average molecular weight is 358 g/mol. The van der Waals surface area contributed by atoms with Crippen LogP contribution in [0.25, 0.3) is 11.1 Å². The van der Waals surface area contributed by atoms with E-state index < -0.39 is 0 Å². The summed E-state index contributed by atoms with van der Waals surface area (Å²) in [5.41, 5.74) is 3.16. The van der Waals surface area contributed by atoms with E-state index in [0.29, 0.717) is 29.1 Å². The van der Waals surface area contributed by atoms with E-state index in [4.69, 9.17) is 4.42 Å². The molecule has 3 aromatic rings. The molecule has 0 radical (unpaired) electrons. The molecule has 7 heteroatoms. The third kappa shape index (κ3) is 4.42. The van der Waals surface area contributed by atoms with Crippen molar-refractivity contribution in [3.63, 3.8) is 0 Å². The van der Waals surface area contributed by atoms with Gasteiger partial charge in [-0.2, -0.15) is 5.10 Å². The maximum atomic E-state index is 12.3. The molecule has 1 aromatic carbocycles. The Bertz CT molecular complexity index is 836. The summed E-state index contributed by atoms with van der Waals surface area (Å²) >= 11 is 1.49. The van der Waals surface area contributed by atoms with Crippen LogP contribution in [0, 0.1) is 5.92 Å². The number of nitrogens with zero attached hydrogens (tertiary/aromatic N) is 3. The molecule has 2 aromatic heterocycles. The predicted octanol–water partition coefficient (Wildman–Crippen LogP) is 3.28. The Kier molecular flexibility index (Phi) is 5.43. The standard InChI is InChI=1S/C18H22N4O2S/c1-12(2)10-13-11-15(22(3)21-13)17(23)19-8-9-25-18-20-14-6-4-5-7-16(14)24-18/h4-7,11-12H,8-10H2,1-3H3,(H,19,23). The molecule has 0 atom stereocenters. The first-order valence-electron chi connectivity index (χ1n) is 8.32. The number of hydrogen-bond donors (Lipinski definition) is 1. The van der Waals surface area contributed by atoms with Crippen LogP contribution in [-0.4, -0.2) is 33.0 Å². The number of rotatable bonds is 7. The van der Waals surface area contributed by atoms with Gasteiger partial charge >= 0.3 is 0 Å². The highest BCUT2D eigenvalue weighted by molar-refractivity contribution is 7.99. The number of benzene rings is 1. The smallest absolute Gasteiger partial charge is 0.269 e. The summed E-state index contributed by atoms with van der Waals surface area (Å²) in [5.74, 6) is 1.09. The van der Waals surface area contributed by atoms with Crippen molar-refractivity contribution in [1.29, 1.82) is 0 Å². The van der Waals surface area contributed by atoms with Crippen LogP contribution in [0.15, 0.2) is 40.0 Å². The highest BCUT2D eigenvalue weighted by Gasteiger charge is 2.14. The van der Waals surface area contributed by atoms with Crippen LogP contribution in [0.2, 0.25) is 0 Å². The molecule has 2 heterocycles. The van der Waals surface area contributed by atoms with Gasteiger partial charge in [-0.15, -0.1) is 0 Å². The van der Waals surface area contributed by atoms with Gasteiger partial charge in [0.05, 0.1) is 5.69 Å². The number of amides is 1. The first-order valence-corrected chi connectivity index (χ1v) is 9.31. The molecule has 132 valence electrons. The molecule has 0 aliphatic rings. The number of carbonyl (C=O) groups excluding carboxylic acids is 1. The molecule has 0 spiro atoms. The van der Waals surface area contributed by atoms with Crippen LogP contribution >= 0.6 is 11.8 Å². The second-order valence-electron chi connectivity index (χ2n) is 6.29. The number of aryl methyl sites for hydroxylation is 1. The van der Waals surface area contributed by atoms with Gasteiger partial charge in [0.25, 0.3) is 11.1 Å². The second kappa shape index (κ2) is 7.74. The fraction of sp³-hybridized carbons (Fsp3) is 0.389. The maximum absolute atomic E-state index is 12.3. The fourth-order valence-electron chi connectivity index (χ4n) is 2.56. The molecular formula is C18H22N4O2S. The Morgan fingerprint density at radius 3 is 2.92 bits per heavy atom. The van der Waals surface area contributed by atoms with Crippen LogP contribution < -0.4 is 5.32 Å². The van der Waals surface area contributed by atoms with Crippen molar-refractivity contribution >= 4 is 28.8 Å². The normalized spacial score (nSPS) is 11.4. The van der Waals surface area contributed by atoms with Crippen molar-refractivity contribution in [2.45, 2.75) is 25.5 Å². The first-order chi connectivity index (χ1) is 12.0. The van der Waals surface area contributed by atoms with Crippen molar-refractivity contribution < 1.29 is 9.21 Å². The highest BCUT2D eigenvalue weighted by Crippen LogP contribution is 2.22. The zero-order valence-electron chi connectivity index (χ0n) is 14.7. The van der Waals surface area contributed by atoms with Gasteiger partial charge in [0.1, 0.15) is 11.2 Å². The van der Waals surface area contributed by atoms with Crippen LogP contribution in [0.3, 0.4) is 0 Å². The monoisotopic (exact) mass is 358 g/mol. The molecule has 0 aliphatic heterocycles. The van der Waals surface area contributed by atoms with E-state index in [9.17, 15) is 4.79 Å². The van der Waals surface area contributed by atoms with E-state index in [1.807, 2.05) is 30.3 Å². The van der Waals surface area contributed by atoms with Gasteiger partial charge in [0.15, 0.2) is 5.58 Å². The maximum Gasteiger partial charge on any atom is 0.269 e. The van der Waals surface area contributed by atoms with Gasteiger partial charge in [-0.1, -0.05) is 37.7 Å². The lowest BCUT2D eigenvalue weighted by Crippen LogP contribution is -2.27. The number of fused-ring (bicyclic) bond motifs is 1. The Hall–Kier alpha value is -2.28. The first kappa shape index (κ1) is 17.5. The van der Waals surface area contributed by atoms with Gasteiger partial charge in [0.2, 0.25) is 0 Å². The summed E-state index contributed by atoms with van der Waals surface area (Å²) in [4.78, 5) is 16.7. The van der Waals surface area contributed by atoms with E-state index in [0.717, 1.165) is 23.2 Å². The van der Waals surface area contributed by atoms with E-state index in [-0.39, 0.29) is 5.91 Å². The van der Waals surface area contributed by atoms with Crippen molar-refractivity contribution in [1.82, 2.24) is 20.1 Å². The third-order valence-corrected chi connectivity index (χ3v) is 4.50. The zero-order valence-corrected chi connectivity index (χ0v) is 15.5. The molecule has 1 amide bonds. The number of nitrogens with one attached hydrogen (secondary N) is 1. The van der Waals surface area contributed by atoms with E-state index in [2.05, 4.69) is 29.2 Å². The number of hydrogen-bond acceptors (Lipinski definition) is 5. The Balaban J connectivity index is 1.50. The van der Waals surface area contributed by atoms with Crippen molar-refractivity contribution in [3.8, 4) is 0 Å². The molecule has 25 heavy (non-hydrogen) atoms. The molecule has 0 bridgehead atoms. The molecule has 0 unspecified atom stereocenters. The lowest BCUT2D eigenvalue weighted by atomic mass is 10.1. The summed E-state index contributed by atoms with van der Waals surface area (Å²) < 4.78 is 7.28. The second-order valence-corrected chi connectivity index (χ2v) is 7.34. The van der Waals surface area contributed by atoms with E-state index in [1.54, 1.807) is 11.7 Å². The van der Waals surface area contributed by atoms with Gasteiger partial charge in [-0.3, -0.25) is 9.48 Å². The van der Waals surface area contributed by atoms with Gasteiger partial charge < -0.3 is 9.73 Å². The molecule has 6 nitrogen and oxygen atoms in total. The summed E-state index contributed by atoms with van der Waals surface area (Å²) in [6.07, 6.45) is 0.870. The fourth-order valence-corrected chi connectivity index (χ4v) is 3.25. The van der Waals surface area contributed by atoms with Crippen LogP contribution in [0.5, 0.6) is 0 Å². The molecule has 0 fully saturated rings. The van der Waals surface area contributed by atoms with Crippen LogP contribution in [0.1, 0.15) is 30.0 Å². The lowest BCUT2D eigenvalue weighted by molar-refractivity contribution is 0.0946. The number of aromatic nitrogens is 3. The van der Waals surface area contributed by atoms with Gasteiger partial charge in [-0.25, -0.2) is 4.98 Å². The van der Waals surface area contributed by atoms with Gasteiger partial charge in [0, 0.05) is 19.3 Å². The number of oxazole rings is 1. The number of para-hydroxylation sites is 2. The van der Waals surface area contributed by atoms with Crippen LogP contribution in [0.4, 0.5) is 0 Å². The molecular weight excluding hydrogens is 336 g/mol. The minimum absolute atomic E-state index is 0.108. The summed E-state index contributed by atoms with van der Waals surface area (Å²) in [7, 11) is 1.80. The molecule has 0 saturated carbocycles. The SMILES string of the molecule is CC(C)Cc1cc(C(=O)NCCSc2nc3ccccc3o2)n(C)n1. The highest BCUT2D eigenvalue weighted by atomic mass is 32.2. The Morgan fingerprint density at radius 2 is 2.16 bits per heavy atom. The summed E-state index contributed by atoms with van der Waals surface area (Å²) in [6.45, 7) is 4.81. The third-order valence-electron chi connectivity index (χ3n) is 3.67. The molecule has 0 saturated heterocycles. The topological polar surface area (TPSA) is 73.0 Å². The summed E-state index contributed by atoms with van der Waals surface area (Å²) in [5, 5.41) is 7.94. The zero-order chi connectivity index (χ0) is 17.8. The van der Waals surface area contributed by atoms with E-state index >= 15 is 0 Å². The van der Waals surface area contributed by atoms with Crippen molar-refractivity contribution in [2.75, 3.05) is 12.3 Å². The average Bonchev–Trinajstić information content (AvgIpc) is 3.13. The Morgan fingerprint density at radius 1 is 1.36 bits per heavy atom. The molecule has 0 aliphatic carbocycles. The molecule has 3 rings (SSSR count). The predicted molar refractivity (Wildman–Crippen MR) is 98.8 cm³/mol. The number of thioether (sulfide) groups is 1. The van der Waals surface area contributed by atoms with Gasteiger partial charge in [-0.05, 0) is 30.5 Å². The number of carbonyl (C=O) groups is 1. The largest absolute Gasteiger partial charge is 0.431 e. The Labute approximate surface area is 151 Å². The van der Waals surface area contributed by atoms with Crippen LogP contribution in [-0.2, 0) is 13.5 Å².